The number of thiophene rings is 1. The molecule has 4 rings (SSSR count). The van der Waals surface area contributed by atoms with Crippen molar-refractivity contribution in [1.82, 2.24) is 20.0 Å². The molecule has 0 saturated carbocycles. The number of aryl methyl sites for hydroxylation is 1. The fraction of sp³-hybridized carbons (Fsp3) is 0.222. The highest BCUT2D eigenvalue weighted by Crippen LogP contribution is 2.30. The van der Waals surface area contributed by atoms with Gasteiger partial charge < -0.3 is 10.1 Å². The molecule has 0 spiro atoms. The van der Waals surface area contributed by atoms with Crippen LogP contribution in [0.1, 0.15) is 15.4 Å². The maximum atomic E-state index is 12.4. The molecule has 0 aliphatic carbocycles. The summed E-state index contributed by atoms with van der Waals surface area (Å²) in [7, 11) is 0. The Morgan fingerprint density at radius 2 is 2.07 bits per heavy atom. The maximum Gasteiger partial charge on any atom is 0.348 e. The number of imide groups is 1. The summed E-state index contributed by atoms with van der Waals surface area (Å²) >= 11 is 1.25. The lowest BCUT2D eigenvalue weighted by molar-refractivity contribution is -0.130. The van der Waals surface area contributed by atoms with Crippen molar-refractivity contribution in [1.29, 1.82) is 0 Å². The number of nitrogens with zero attached hydrogens (tertiary/aromatic N) is 3. The lowest BCUT2D eigenvalue weighted by Crippen LogP contribution is -2.37. The molecule has 1 saturated heterocycles. The summed E-state index contributed by atoms with van der Waals surface area (Å²) in [5.74, 6) is -1.13. The number of ether oxygens (including phenoxy) is 1. The van der Waals surface area contributed by atoms with Gasteiger partial charge in [-0.15, -0.1) is 11.3 Å². The number of carbonyl (C=O) groups excluding carboxylic acids is 3. The van der Waals surface area contributed by atoms with Crippen molar-refractivity contribution < 1.29 is 19.1 Å². The fourth-order valence-corrected chi connectivity index (χ4v) is 3.95. The Balaban J connectivity index is 1.53. The van der Waals surface area contributed by atoms with Crippen molar-refractivity contribution in [3.63, 3.8) is 0 Å². The fourth-order valence-electron chi connectivity index (χ4n) is 2.88. The summed E-state index contributed by atoms with van der Waals surface area (Å²) in [6.07, 6.45) is 0. The molecule has 0 atom stereocenters. The first-order valence-electron chi connectivity index (χ1n) is 8.34. The molecule has 2 aromatic heterocycles. The smallest absolute Gasteiger partial charge is 0.348 e. The van der Waals surface area contributed by atoms with E-state index in [1.165, 1.54) is 11.3 Å². The number of para-hydroxylation sites is 1. The number of urea groups is 1. The number of hydrogen-bond acceptors (Lipinski definition) is 6. The van der Waals surface area contributed by atoms with E-state index in [0.29, 0.717) is 11.4 Å². The van der Waals surface area contributed by atoms with Gasteiger partial charge >= 0.3 is 12.0 Å². The average Bonchev–Trinajstić information content (AvgIpc) is 3.37. The predicted octanol–water partition coefficient (Wildman–Crippen LogP) is 2.10. The summed E-state index contributed by atoms with van der Waals surface area (Å²) in [5.41, 5.74) is 1.70. The summed E-state index contributed by atoms with van der Waals surface area (Å²) in [4.78, 5) is 38.1. The highest BCUT2D eigenvalue weighted by molar-refractivity contribution is 7.20. The summed E-state index contributed by atoms with van der Waals surface area (Å²) in [5, 5.41) is 7.92. The molecular weight excluding hydrogens is 368 g/mol. The molecule has 1 aromatic carbocycles. The van der Waals surface area contributed by atoms with Gasteiger partial charge in [-0.1, -0.05) is 18.2 Å². The van der Waals surface area contributed by atoms with E-state index in [9.17, 15) is 14.4 Å². The summed E-state index contributed by atoms with van der Waals surface area (Å²) < 4.78 is 6.89. The molecule has 0 radical (unpaired) electrons. The third-order valence-corrected chi connectivity index (χ3v) is 5.32. The number of carbonyl (C=O) groups is 3. The van der Waals surface area contributed by atoms with Crippen LogP contribution in [0.25, 0.3) is 15.9 Å². The third-order valence-electron chi connectivity index (χ3n) is 4.23. The highest BCUT2D eigenvalue weighted by atomic mass is 32.1. The van der Waals surface area contributed by atoms with Gasteiger partial charge in [-0.25, -0.2) is 14.3 Å². The average molecular weight is 384 g/mol. The van der Waals surface area contributed by atoms with Crippen LogP contribution in [0.2, 0.25) is 0 Å². The van der Waals surface area contributed by atoms with Crippen LogP contribution in [0.4, 0.5) is 4.79 Å². The van der Waals surface area contributed by atoms with Crippen LogP contribution in [0.3, 0.4) is 0 Å². The van der Waals surface area contributed by atoms with E-state index in [1.807, 2.05) is 37.3 Å². The van der Waals surface area contributed by atoms with E-state index in [2.05, 4.69) is 10.4 Å². The molecule has 138 valence electrons. The second kappa shape index (κ2) is 6.84. The zero-order chi connectivity index (χ0) is 19.0. The molecular formula is C18H16N4O4S. The molecule has 1 aliphatic heterocycles. The quantitative estimate of drug-likeness (QED) is 0.696. The number of rotatable bonds is 4. The summed E-state index contributed by atoms with van der Waals surface area (Å²) in [6, 6.07) is 10.9. The molecule has 1 N–H and O–H groups in total. The largest absolute Gasteiger partial charge is 0.451 e. The van der Waals surface area contributed by atoms with Crippen LogP contribution in [0.5, 0.6) is 0 Å². The van der Waals surface area contributed by atoms with E-state index in [1.54, 1.807) is 10.7 Å². The minimum atomic E-state index is -0.594. The first-order valence-corrected chi connectivity index (χ1v) is 9.16. The molecule has 1 fully saturated rings. The highest BCUT2D eigenvalue weighted by Gasteiger charge is 2.27. The van der Waals surface area contributed by atoms with Crippen molar-refractivity contribution >= 4 is 39.5 Å². The van der Waals surface area contributed by atoms with Crippen molar-refractivity contribution in [2.45, 2.75) is 6.92 Å². The molecule has 3 heterocycles. The molecule has 3 amide bonds. The molecule has 0 unspecified atom stereocenters. The van der Waals surface area contributed by atoms with E-state index in [-0.39, 0.29) is 6.54 Å². The monoisotopic (exact) mass is 384 g/mol. The number of aromatic nitrogens is 2. The Morgan fingerprint density at radius 3 is 2.78 bits per heavy atom. The molecule has 8 nitrogen and oxygen atoms in total. The lowest BCUT2D eigenvalue weighted by Gasteiger charge is -2.11. The second-order valence-corrected chi connectivity index (χ2v) is 7.05. The lowest BCUT2D eigenvalue weighted by atomic mass is 10.3. The van der Waals surface area contributed by atoms with Crippen LogP contribution in [0.15, 0.2) is 36.4 Å². The Bertz CT molecular complexity index is 1040. The van der Waals surface area contributed by atoms with Gasteiger partial charge in [0, 0.05) is 18.5 Å². The first-order chi connectivity index (χ1) is 13.0. The van der Waals surface area contributed by atoms with Gasteiger partial charge in [0.1, 0.15) is 9.71 Å². The predicted molar refractivity (Wildman–Crippen MR) is 99.1 cm³/mol. The van der Waals surface area contributed by atoms with Gasteiger partial charge in [0.25, 0.3) is 5.91 Å². The van der Waals surface area contributed by atoms with E-state index in [4.69, 9.17) is 4.74 Å². The Kier molecular flexibility index (Phi) is 4.36. The van der Waals surface area contributed by atoms with Crippen LogP contribution in [-0.2, 0) is 9.53 Å². The van der Waals surface area contributed by atoms with Gasteiger partial charge in [-0.05, 0) is 25.1 Å². The maximum absolute atomic E-state index is 12.4. The molecule has 0 bridgehead atoms. The van der Waals surface area contributed by atoms with Crippen LogP contribution in [-0.4, -0.2) is 52.3 Å². The van der Waals surface area contributed by atoms with Gasteiger partial charge in [-0.3, -0.25) is 9.69 Å². The van der Waals surface area contributed by atoms with Gasteiger partial charge in [0.15, 0.2) is 6.61 Å². The normalized spacial score (nSPS) is 13.8. The minimum Gasteiger partial charge on any atom is -0.451 e. The van der Waals surface area contributed by atoms with E-state index < -0.39 is 24.5 Å². The first kappa shape index (κ1) is 17.2. The summed E-state index contributed by atoms with van der Waals surface area (Å²) in [6.45, 7) is 2.09. The number of benzene rings is 1. The van der Waals surface area contributed by atoms with Crippen molar-refractivity contribution in [2.75, 3.05) is 19.7 Å². The second-order valence-electron chi connectivity index (χ2n) is 6.02. The van der Waals surface area contributed by atoms with Gasteiger partial charge in [0.05, 0.1) is 11.4 Å². The van der Waals surface area contributed by atoms with Crippen molar-refractivity contribution in [3.05, 3.63) is 47.0 Å². The molecule has 9 heteroatoms. The number of nitrogens with one attached hydrogen (secondary N) is 1. The van der Waals surface area contributed by atoms with Gasteiger partial charge in [0.2, 0.25) is 0 Å². The molecule has 27 heavy (non-hydrogen) atoms. The third kappa shape index (κ3) is 3.17. The Morgan fingerprint density at radius 1 is 1.30 bits per heavy atom. The van der Waals surface area contributed by atoms with E-state index in [0.717, 1.165) is 26.5 Å². The number of amides is 3. The van der Waals surface area contributed by atoms with Crippen LogP contribution in [0, 0.1) is 6.92 Å². The molecule has 1 aliphatic rings. The van der Waals surface area contributed by atoms with Gasteiger partial charge in [-0.2, -0.15) is 5.10 Å². The Labute approximate surface area is 158 Å². The van der Waals surface area contributed by atoms with Crippen LogP contribution < -0.4 is 5.32 Å². The minimum absolute atomic E-state index is 0.282. The SMILES string of the molecule is Cc1nn(-c2ccccc2)c2sc(C(=O)OCC(=O)N3CCNC3=O)cc12. The topological polar surface area (TPSA) is 93.5 Å². The van der Waals surface area contributed by atoms with Crippen molar-refractivity contribution in [2.24, 2.45) is 0 Å². The standard InChI is InChI=1S/C18H16N4O4S/c1-11-13-9-14(17(24)26-10-15(23)21-8-7-19-18(21)25)27-16(13)22(20-11)12-5-3-2-4-6-12/h2-6,9H,7-8,10H2,1H3,(H,19,25). The number of esters is 1. The van der Waals surface area contributed by atoms with E-state index >= 15 is 0 Å². The van der Waals surface area contributed by atoms with Crippen LogP contribution >= 0.6 is 11.3 Å². The molecule has 3 aromatic rings. The Hall–Kier alpha value is -3.20. The zero-order valence-electron chi connectivity index (χ0n) is 14.5. The van der Waals surface area contributed by atoms with Crippen molar-refractivity contribution in [3.8, 4) is 5.69 Å². The number of fused-ring (bicyclic) bond motifs is 1. The zero-order valence-corrected chi connectivity index (χ0v) is 15.3. The number of hydrogen-bond donors (Lipinski definition) is 1.